The molecule has 0 aromatic heterocycles. The van der Waals surface area contributed by atoms with Crippen LogP contribution in [0.3, 0.4) is 0 Å². The van der Waals surface area contributed by atoms with Gasteiger partial charge in [0.15, 0.2) is 5.96 Å². The molecular weight excluding hydrogens is 210 g/mol. The molecule has 0 saturated carbocycles. The molecule has 0 heterocycles. The Morgan fingerprint density at radius 2 is 2.29 bits per heavy atom. The van der Waals surface area contributed by atoms with Crippen molar-refractivity contribution < 1.29 is 0 Å². The summed E-state index contributed by atoms with van der Waals surface area (Å²) < 4.78 is 0. The van der Waals surface area contributed by atoms with Gasteiger partial charge in [-0.1, -0.05) is 30.3 Å². The van der Waals surface area contributed by atoms with E-state index in [4.69, 9.17) is 0 Å². The van der Waals surface area contributed by atoms with E-state index in [-0.39, 0.29) is 0 Å². The van der Waals surface area contributed by atoms with Crippen LogP contribution >= 0.6 is 0 Å². The SMILES string of the molecule is C=CCNC(=NC)NCC1Cc2ccccc21. The lowest BCUT2D eigenvalue weighted by atomic mass is 9.78. The third-order valence-electron chi connectivity index (χ3n) is 3.11. The lowest BCUT2D eigenvalue weighted by molar-refractivity contribution is 0.585. The molecule has 0 aliphatic heterocycles. The van der Waals surface area contributed by atoms with Gasteiger partial charge in [-0.2, -0.15) is 0 Å². The van der Waals surface area contributed by atoms with Crippen LogP contribution < -0.4 is 10.6 Å². The van der Waals surface area contributed by atoms with Crippen LogP contribution in [0.25, 0.3) is 0 Å². The van der Waals surface area contributed by atoms with Gasteiger partial charge in [0.2, 0.25) is 0 Å². The number of guanidine groups is 1. The Morgan fingerprint density at radius 1 is 1.47 bits per heavy atom. The Labute approximate surface area is 103 Å². The van der Waals surface area contributed by atoms with Crippen molar-refractivity contribution in [2.75, 3.05) is 20.1 Å². The summed E-state index contributed by atoms with van der Waals surface area (Å²) in [5.41, 5.74) is 2.95. The molecule has 1 aliphatic rings. The first-order valence-electron chi connectivity index (χ1n) is 5.98. The highest BCUT2D eigenvalue weighted by Crippen LogP contribution is 2.33. The van der Waals surface area contributed by atoms with Crippen molar-refractivity contribution in [3.05, 3.63) is 48.0 Å². The minimum atomic E-state index is 0.619. The fourth-order valence-corrected chi connectivity index (χ4v) is 2.15. The topological polar surface area (TPSA) is 36.4 Å². The molecule has 1 atom stereocenters. The summed E-state index contributed by atoms with van der Waals surface area (Å²) in [6, 6.07) is 8.63. The van der Waals surface area contributed by atoms with E-state index in [2.05, 4.69) is 46.5 Å². The van der Waals surface area contributed by atoms with Crippen molar-refractivity contribution in [1.29, 1.82) is 0 Å². The maximum atomic E-state index is 4.16. The molecule has 0 fully saturated rings. The molecule has 1 unspecified atom stereocenters. The zero-order valence-corrected chi connectivity index (χ0v) is 10.2. The first kappa shape index (κ1) is 11.7. The van der Waals surface area contributed by atoms with E-state index in [1.54, 1.807) is 7.05 Å². The smallest absolute Gasteiger partial charge is 0.191 e. The van der Waals surface area contributed by atoms with Gasteiger partial charge >= 0.3 is 0 Å². The first-order valence-corrected chi connectivity index (χ1v) is 5.98. The van der Waals surface area contributed by atoms with Gasteiger partial charge in [0, 0.05) is 26.1 Å². The number of benzene rings is 1. The highest BCUT2D eigenvalue weighted by atomic mass is 15.2. The summed E-state index contributed by atoms with van der Waals surface area (Å²) in [5.74, 6) is 1.46. The van der Waals surface area contributed by atoms with Gasteiger partial charge in [-0.25, -0.2) is 0 Å². The molecule has 1 aliphatic carbocycles. The fraction of sp³-hybridized carbons (Fsp3) is 0.357. The predicted octanol–water partition coefficient (Wildman–Crippen LogP) is 1.68. The molecule has 0 radical (unpaired) electrons. The molecule has 3 nitrogen and oxygen atoms in total. The lowest BCUT2D eigenvalue weighted by Gasteiger charge is -2.30. The summed E-state index contributed by atoms with van der Waals surface area (Å²) in [5, 5.41) is 6.51. The summed E-state index contributed by atoms with van der Waals surface area (Å²) in [4.78, 5) is 4.16. The molecule has 0 bridgehead atoms. The maximum Gasteiger partial charge on any atom is 0.191 e. The summed E-state index contributed by atoms with van der Waals surface area (Å²) in [6.45, 7) is 5.35. The monoisotopic (exact) mass is 229 g/mol. The number of rotatable bonds is 4. The van der Waals surface area contributed by atoms with E-state index < -0.39 is 0 Å². The molecule has 1 aromatic rings. The fourth-order valence-electron chi connectivity index (χ4n) is 2.15. The van der Waals surface area contributed by atoms with Crippen LogP contribution in [0, 0.1) is 0 Å². The van der Waals surface area contributed by atoms with E-state index >= 15 is 0 Å². The van der Waals surface area contributed by atoms with Crippen LogP contribution in [0.4, 0.5) is 0 Å². The number of nitrogens with one attached hydrogen (secondary N) is 2. The van der Waals surface area contributed by atoms with Gasteiger partial charge in [0.05, 0.1) is 0 Å². The van der Waals surface area contributed by atoms with Gasteiger partial charge in [-0.3, -0.25) is 4.99 Å². The van der Waals surface area contributed by atoms with Crippen LogP contribution in [0.2, 0.25) is 0 Å². The summed E-state index contributed by atoms with van der Waals surface area (Å²) >= 11 is 0. The molecule has 1 aromatic carbocycles. The van der Waals surface area contributed by atoms with E-state index in [0.29, 0.717) is 5.92 Å². The van der Waals surface area contributed by atoms with Crippen LogP contribution in [0.1, 0.15) is 17.0 Å². The molecule has 3 heteroatoms. The zero-order chi connectivity index (χ0) is 12.1. The average molecular weight is 229 g/mol. The predicted molar refractivity (Wildman–Crippen MR) is 72.4 cm³/mol. The average Bonchev–Trinajstić information content (AvgIpc) is 2.34. The number of hydrogen-bond donors (Lipinski definition) is 2. The molecule has 2 N–H and O–H groups in total. The third-order valence-corrected chi connectivity index (χ3v) is 3.11. The number of nitrogens with zero attached hydrogens (tertiary/aromatic N) is 1. The Morgan fingerprint density at radius 3 is 3.00 bits per heavy atom. The second kappa shape index (κ2) is 5.53. The molecule has 0 saturated heterocycles. The van der Waals surface area contributed by atoms with Crippen LogP contribution in [0.5, 0.6) is 0 Å². The Hall–Kier alpha value is -1.77. The van der Waals surface area contributed by atoms with Crippen LogP contribution in [0.15, 0.2) is 41.9 Å². The number of hydrogen-bond acceptors (Lipinski definition) is 1. The Balaban J connectivity index is 1.82. The van der Waals surface area contributed by atoms with Gasteiger partial charge in [0.1, 0.15) is 0 Å². The third kappa shape index (κ3) is 2.67. The maximum absolute atomic E-state index is 4.16. The Bertz CT molecular complexity index is 423. The second-order valence-corrected chi connectivity index (χ2v) is 4.22. The standard InChI is InChI=1S/C14H19N3/c1-3-8-16-14(15-2)17-10-12-9-11-6-4-5-7-13(11)12/h3-7,12H,1,8-10H2,2H3,(H2,15,16,17). The van der Waals surface area contributed by atoms with Gasteiger partial charge in [-0.05, 0) is 17.5 Å². The lowest BCUT2D eigenvalue weighted by Crippen LogP contribution is -2.41. The van der Waals surface area contributed by atoms with Crippen LogP contribution in [-0.4, -0.2) is 26.1 Å². The molecule has 2 rings (SSSR count). The Kier molecular flexibility index (Phi) is 3.81. The van der Waals surface area contributed by atoms with E-state index in [9.17, 15) is 0 Å². The normalized spacial score (nSPS) is 17.9. The van der Waals surface area contributed by atoms with Gasteiger partial charge in [0.25, 0.3) is 0 Å². The number of aliphatic imine (C=N–C) groups is 1. The molecule has 17 heavy (non-hydrogen) atoms. The molecular formula is C14H19N3. The highest BCUT2D eigenvalue weighted by molar-refractivity contribution is 5.79. The van der Waals surface area contributed by atoms with Crippen molar-refractivity contribution >= 4 is 5.96 Å². The van der Waals surface area contributed by atoms with Crippen LogP contribution in [-0.2, 0) is 6.42 Å². The quantitative estimate of drug-likeness (QED) is 0.468. The van der Waals surface area contributed by atoms with Gasteiger partial charge < -0.3 is 10.6 Å². The van der Waals surface area contributed by atoms with Gasteiger partial charge in [-0.15, -0.1) is 6.58 Å². The largest absolute Gasteiger partial charge is 0.356 e. The molecule has 0 spiro atoms. The summed E-state index contributed by atoms with van der Waals surface area (Å²) in [7, 11) is 1.78. The van der Waals surface area contributed by atoms with Crippen molar-refractivity contribution in [2.24, 2.45) is 4.99 Å². The van der Waals surface area contributed by atoms with Crippen molar-refractivity contribution in [1.82, 2.24) is 10.6 Å². The van der Waals surface area contributed by atoms with E-state index in [0.717, 1.165) is 19.0 Å². The second-order valence-electron chi connectivity index (χ2n) is 4.22. The molecule has 0 amide bonds. The van der Waals surface area contributed by atoms with E-state index in [1.807, 2.05) is 6.08 Å². The minimum Gasteiger partial charge on any atom is -0.356 e. The summed E-state index contributed by atoms with van der Waals surface area (Å²) in [6.07, 6.45) is 2.99. The molecule has 90 valence electrons. The minimum absolute atomic E-state index is 0.619. The number of fused-ring (bicyclic) bond motifs is 1. The first-order chi connectivity index (χ1) is 8.35. The van der Waals surface area contributed by atoms with Crippen molar-refractivity contribution in [3.8, 4) is 0 Å². The van der Waals surface area contributed by atoms with Crippen molar-refractivity contribution in [2.45, 2.75) is 12.3 Å². The van der Waals surface area contributed by atoms with Crippen molar-refractivity contribution in [3.63, 3.8) is 0 Å². The highest BCUT2D eigenvalue weighted by Gasteiger charge is 2.24. The van der Waals surface area contributed by atoms with E-state index in [1.165, 1.54) is 17.5 Å². The zero-order valence-electron chi connectivity index (χ0n) is 10.2.